The standard InChI is InChI=1S/C16H14F2N2O3/c1-10(12-4-7-14(17)15(18)9-12)19-16(21)8-11-2-5-13(6-3-11)20(22)23/h2-7,9-10H,8H2,1H3,(H,19,21)/t10-/m0/s1. The van der Waals surface area contributed by atoms with Gasteiger partial charge in [-0.1, -0.05) is 18.2 Å². The van der Waals surface area contributed by atoms with Crippen molar-refractivity contribution in [2.45, 2.75) is 19.4 Å². The van der Waals surface area contributed by atoms with E-state index in [-0.39, 0.29) is 18.0 Å². The predicted molar refractivity (Wildman–Crippen MR) is 79.7 cm³/mol. The molecular weight excluding hydrogens is 306 g/mol. The summed E-state index contributed by atoms with van der Waals surface area (Å²) in [5.41, 5.74) is 1.01. The number of carbonyl (C=O) groups is 1. The number of nitrogens with zero attached hydrogens (tertiary/aromatic N) is 1. The number of rotatable bonds is 5. The molecule has 23 heavy (non-hydrogen) atoms. The number of halogens is 2. The fourth-order valence-corrected chi connectivity index (χ4v) is 2.08. The number of amides is 1. The summed E-state index contributed by atoms with van der Waals surface area (Å²) < 4.78 is 26.1. The van der Waals surface area contributed by atoms with Crippen LogP contribution in [0.3, 0.4) is 0 Å². The van der Waals surface area contributed by atoms with E-state index in [1.165, 1.54) is 30.3 Å². The Morgan fingerprint density at radius 1 is 1.17 bits per heavy atom. The molecule has 0 saturated heterocycles. The summed E-state index contributed by atoms with van der Waals surface area (Å²) in [6, 6.07) is 8.59. The van der Waals surface area contributed by atoms with E-state index < -0.39 is 22.6 Å². The maximum absolute atomic E-state index is 13.2. The highest BCUT2D eigenvalue weighted by Crippen LogP contribution is 2.17. The van der Waals surface area contributed by atoms with Crippen molar-refractivity contribution in [3.63, 3.8) is 0 Å². The van der Waals surface area contributed by atoms with Crippen molar-refractivity contribution in [3.05, 3.63) is 75.3 Å². The molecule has 0 aromatic heterocycles. The Bertz CT molecular complexity index is 733. The van der Waals surface area contributed by atoms with Crippen molar-refractivity contribution >= 4 is 11.6 Å². The van der Waals surface area contributed by atoms with E-state index in [9.17, 15) is 23.7 Å². The van der Waals surface area contributed by atoms with E-state index in [2.05, 4.69) is 5.32 Å². The van der Waals surface area contributed by atoms with Crippen LogP contribution in [-0.4, -0.2) is 10.8 Å². The topological polar surface area (TPSA) is 72.2 Å². The quantitative estimate of drug-likeness (QED) is 0.678. The highest BCUT2D eigenvalue weighted by molar-refractivity contribution is 5.79. The van der Waals surface area contributed by atoms with Crippen LogP contribution in [0.2, 0.25) is 0 Å². The second kappa shape index (κ2) is 6.95. The number of nitro groups is 1. The van der Waals surface area contributed by atoms with Gasteiger partial charge in [-0.05, 0) is 30.2 Å². The third-order valence-electron chi connectivity index (χ3n) is 3.33. The van der Waals surface area contributed by atoms with E-state index >= 15 is 0 Å². The molecule has 0 radical (unpaired) electrons. The maximum atomic E-state index is 13.2. The molecular formula is C16H14F2N2O3. The molecule has 1 N–H and O–H groups in total. The van der Waals surface area contributed by atoms with Crippen LogP contribution >= 0.6 is 0 Å². The van der Waals surface area contributed by atoms with Gasteiger partial charge in [-0.3, -0.25) is 14.9 Å². The van der Waals surface area contributed by atoms with Crippen molar-refractivity contribution < 1.29 is 18.5 Å². The molecule has 0 unspecified atom stereocenters. The van der Waals surface area contributed by atoms with Gasteiger partial charge in [0.15, 0.2) is 11.6 Å². The molecule has 2 rings (SSSR count). The lowest BCUT2D eigenvalue weighted by atomic mass is 10.1. The average molecular weight is 320 g/mol. The summed E-state index contributed by atoms with van der Waals surface area (Å²) in [5, 5.41) is 13.2. The van der Waals surface area contributed by atoms with Crippen molar-refractivity contribution in [1.82, 2.24) is 5.32 Å². The first-order chi connectivity index (χ1) is 10.9. The van der Waals surface area contributed by atoms with Gasteiger partial charge in [0.2, 0.25) is 5.91 Å². The van der Waals surface area contributed by atoms with Crippen LogP contribution in [0.15, 0.2) is 42.5 Å². The highest BCUT2D eigenvalue weighted by atomic mass is 19.2. The number of non-ortho nitro benzene ring substituents is 1. The smallest absolute Gasteiger partial charge is 0.269 e. The number of benzene rings is 2. The Kier molecular flexibility index (Phi) is 5.00. The third-order valence-corrected chi connectivity index (χ3v) is 3.33. The van der Waals surface area contributed by atoms with Crippen LogP contribution in [-0.2, 0) is 11.2 Å². The molecule has 2 aromatic carbocycles. The SMILES string of the molecule is C[C@H](NC(=O)Cc1ccc([N+](=O)[O-])cc1)c1ccc(F)c(F)c1. The Balaban J connectivity index is 1.98. The van der Waals surface area contributed by atoms with Crippen molar-refractivity contribution in [3.8, 4) is 0 Å². The van der Waals surface area contributed by atoms with E-state index in [4.69, 9.17) is 0 Å². The van der Waals surface area contributed by atoms with E-state index in [1.807, 2.05) is 0 Å². The molecule has 0 saturated carbocycles. The summed E-state index contributed by atoms with van der Waals surface area (Å²) in [5.74, 6) is -2.24. The molecule has 2 aromatic rings. The third kappa shape index (κ3) is 4.32. The second-order valence-corrected chi connectivity index (χ2v) is 5.06. The normalized spacial score (nSPS) is 11.8. The highest BCUT2D eigenvalue weighted by Gasteiger charge is 2.13. The van der Waals surface area contributed by atoms with Gasteiger partial charge in [-0.15, -0.1) is 0 Å². The Hall–Kier alpha value is -2.83. The van der Waals surface area contributed by atoms with Crippen molar-refractivity contribution in [2.75, 3.05) is 0 Å². The van der Waals surface area contributed by atoms with Gasteiger partial charge in [0.25, 0.3) is 5.69 Å². The lowest BCUT2D eigenvalue weighted by Gasteiger charge is -2.14. The molecule has 0 bridgehead atoms. The van der Waals surface area contributed by atoms with Gasteiger partial charge in [0, 0.05) is 12.1 Å². The van der Waals surface area contributed by atoms with E-state index in [0.717, 1.165) is 12.1 Å². The van der Waals surface area contributed by atoms with Crippen LogP contribution in [0.4, 0.5) is 14.5 Å². The van der Waals surface area contributed by atoms with Crippen LogP contribution in [0, 0.1) is 21.7 Å². The van der Waals surface area contributed by atoms with Crippen LogP contribution in [0.1, 0.15) is 24.1 Å². The van der Waals surface area contributed by atoms with Gasteiger partial charge in [0.05, 0.1) is 17.4 Å². The minimum Gasteiger partial charge on any atom is -0.349 e. The maximum Gasteiger partial charge on any atom is 0.269 e. The van der Waals surface area contributed by atoms with Gasteiger partial charge < -0.3 is 5.32 Å². The molecule has 0 aliphatic rings. The molecule has 0 aliphatic carbocycles. The Morgan fingerprint density at radius 2 is 1.83 bits per heavy atom. The molecule has 5 nitrogen and oxygen atoms in total. The van der Waals surface area contributed by atoms with E-state index in [1.54, 1.807) is 6.92 Å². The van der Waals surface area contributed by atoms with Gasteiger partial charge in [-0.2, -0.15) is 0 Å². The fraction of sp³-hybridized carbons (Fsp3) is 0.188. The molecule has 1 atom stereocenters. The zero-order valence-corrected chi connectivity index (χ0v) is 12.3. The summed E-state index contributed by atoms with van der Waals surface area (Å²) in [7, 11) is 0. The summed E-state index contributed by atoms with van der Waals surface area (Å²) in [4.78, 5) is 22.0. The lowest BCUT2D eigenvalue weighted by Crippen LogP contribution is -2.28. The first kappa shape index (κ1) is 16.5. The average Bonchev–Trinajstić information content (AvgIpc) is 2.50. The summed E-state index contributed by atoms with van der Waals surface area (Å²) >= 11 is 0. The monoisotopic (exact) mass is 320 g/mol. The van der Waals surface area contributed by atoms with Crippen molar-refractivity contribution in [2.24, 2.45) is 0 Å². The first-order valence-electron chi connectivity index (χ1n) is 6.84. The molecule has 0 spiro atoms. The minimum absolute atomic E-state index is 0.0337. The Labute approximate surface area is 131 Å². The Morgan fingerprint density at radius 3 is 2.39 bits per heavy atom. The summed E-state index contributed by atoms with van der Waals surface area (Å²) in [6.07, 6.45) is 0.0337. The van der Waals surface area contributed by atoms with Crippen molar-refractivity contribution in [1.29, 1.82) is 0 Å². The first-order valence-corrected chi connectivity index (χ1v) is 6.84. The lowest BCUT2D eigenvalue weighted by molar-refractivity contribution is -0.384. The second-order valence-electron chi connectivity index (χ2n) is 5.06. The molecule has 1 amide bonds. The summed E-state index contributed by atoms with van der Waals surface area (Å²) in [6.45, 7) is 1.65. The minimum atomic E-state index is -0.973. The molecule has 0 heterocycles. The predicted octanol–water partition coefficient (Wildman–Crippen LogP) is 3.29. The van der Waals surface area contributed by atoms with E-state index in [0.29, 0.717) is 11.1 Å². The largest absolute Gasteiger partial charge is 0.349 e. The molecule has 7 heteroatoms. The zero-order valence-electron chi connectivity index (χ0n) is 12.3. The van der Waals surface area contributed by atoms with Gasteiger partial charge >= 0.3 is 0 Å². The van der Waals surface area contributed by atoms with Crippen LogP contribution in [0.25, 0.3) is 0 Å². The number of nitro benzene ring substituents is 1. The number of hydrogen-bond acceptors (Lipinski definition) is 3. The van der Waals surface area contributed by atoms with Crippen LogP contribution < -0.4 is 5.32 Å². The zero-order chi connectivity index (χ0) is 17.0. The number of carbonyl (C=O) groups excluding carboxylic acids is 1. The van der Waals surface area contributed by atoms with Gasteiger partial charge in [0.1, 0.15) is 0 Å². The van der Waals surface area contributed by atoms with Gasteiger partial charge in [-0.25, -0.2) is 8.78 Å². The molecule has 120 valence electrons. The molecule has 0 fully saturated rings. The number of hydrogen-bond donors (Lipinski definition) is 1. The molecule has 0 aliphatic heterocycles. The van der Waals surface area contributed by atoms with Crippen LogP contribution in [0.5, 0.6) is 0 Å². The fourth-order valence-electron chi connectivity index (χ4n) is 2.08. The number of nitrogens with one attached hydrogen (secondary N) is 1.